The number of amides is 2. The molecule has 3 atom stereocenters. The van der Waals surface area contributed by atoms with Crippen LogP contribution in [-0.4, -0.2) is 61.0 Å². The number of amidine groups is 1. The average Bonchev–Trinajstić information content (AvgIpc) is 2.91. The summed E-state index contributed by atoms with van der Waals surface area (Å²) in [6.45, 7) is 7.51. The molecule has 7 nitrogen and oxygen atoms in total. The van der Waals surface area contributed by atoms with Crippen LogP contribution >= 0.6 is 0 Å². The number of hydrogen-bond donors (Lipinski definition) is 0. The van der Waals surface area contributed by atoms with E-state index in [0.717, 1.165) is 31.4 Å². The number of carbonyl (C=O) groups is 2. The summed E-state index contributed by atoms with van der Waals surface area (Å²) in [6.07, 6.45) is 3.77. The molecule has 0 bridgehead atoms. The van der Waals surface area contributed by atoms with Crippen molar-refractivity contribution in [1.82, 2.24) is 4.90 Å². The molecule has 2 unspecified atom stereocenters. The van der Waals surface area contributed by atoms with Crippen LogP contribution in [0.3, 0.4) is 0 Å². The lowest BCUT2D eigenvalue weighted by atomic mass is 9.82. The van der Waals surface area contributed by atoms with E-state index in [2.05, 4.69) is 0 Å². The number of benzene rings is 2. The number of carbonyl (C=O) groups excluding carboxylic acids is 2. The lowest BCUT2D eigenvalue weighted by Crippen LogP contribution is -2.58. The normalized spacial score (nSPS) is 19.9. The summed E-state index contributed by atoms with van der Waals surface area (Å²) in [5.74, 6) is 0.605. The van der Waals surface area contributed by atoms with Crippen molar-refractivity contribution >= 4 is 23.3 Å². The van der Waals surface area contributed by atoms with Crippen molar-refractivity contribution in [2.75, 3.05) is 31.3 Å². The standard InChI is InChI=1S/C30H38FN3O4/c1-4-37-18-17-33(28(35)20-22-9-8-10-23(31)19-22)21(3)29-32-27-12-7-6-11-26(27)30(36)34(29)24-13-15-25(16-14-24)38-5-2/h8-10,13-16,19,21,26-27H,4-7,11-12,17-18,20H2,1-3H3/t21-,26?,27?/m1/s1. The molecule has 1 aliphatic carbocycles. The Bertz CT molecular complexity index is 1140. The van der Waals surface area contributed by atoms with Gasteiger partial charge in [0.15, 0.2) is 0 Å². The second kappa shape index (κ2) is 13.0. The van der Waals surface area contributed by atoms with Crippen LogP contribution in [0.25, 0.3) is 0 Å². The molecule has 2 aromatic rings. The molecule has 4 rings (SSSR count). The highest BCUT2D eigenvalue weighted by atomic mass is 19.1. The van der Waals surface area contributed by atoms with Gasteiger partial charge in [0.2, 0.25) is 11.8 Å². The van der Waals surface area contributed by atoms with Gasteiger partial charge in [-0.25, -0.2) is 4.39 Å². The summed E-state index contributed by atoms with van der Waals surface area (Å²) in [4.78, 5) is 36.0. The Kier molecular flexibility index (Phi) is 9.50. The first-order chi connectivity index (χ1) is 18.4. The predicted octanol–water partition coefficient (Wildman–Crippen LogP) is 5.02. The Labute approximate surface area is 224 Å². The molecule has 1 saturated carbocycles. The van der Waals surface area contributed by atoms with Crippen LogP contribution in [0.4, 0.5) is 10.1 Å². The summed E-state index contributed by atoms with van der Waals surface area (Å²) in [6, 6.07) is 13.0. The van der Waals surface area contributed by atoms with Crippen molar-refractivity contribution in [1.29, 1.82) is 0 Å². The van der Waals surface area contributed by atoms with Gasteiger partial charge >= 0.3 is 0 Å². The third-order valence-corrected chi connectivity index (χ3v) is 7.29. The highest BCUT2D eigenvalue weighted by molar-refractivity contribution is 6.21. The molecule has 204 valence electrons. The monoisotopic (exact) mass is 523 g/mol. The third kappa shape index (κ3) is 6.41. The minimum absolute atomic E-state index is 0.0260. The van der Waals surface area contributed by atoms with Crippen molar-refractivity contribution in [3.05, 3.63) is 59.9 Å². The van der Waals surface area contributed by atoms with Gasteiger partial charge in [-0.3, -0.25) is 19.5 Å². The average molecular weight is 524 g/mol. The zero-order valence-electron chi connectivity index (χ0n) is 22.6. The number of anilines is 1. The molecule has 0 radical (unpaired) electrons. The molecule has 1 fully saturated rings. The van der Waals surface area contributed by atoms with Crippen LogP contribution < -0.4 is 9.64 Å². The van der Waals surface area contributed by atoms with E-state index in [9.17, 15) is 14.0 Å². The van der Waals surface area contributed by atoms with Crippen molar-refractivity contribution in [3.8, 4) is 5.75 Å². The molecular weight excluding hydrogens is 485 g/mol. The summed E-state index contributed by atoms with van der Waals surface area (Å²) >= 11 is 0. The van der Waals surface area contributed by atoms with E-state index in [-0.39, 0.29) is 36.0 Å². The molecule has 2 amide bonds. The topological polar surface area (TPSA) is 71.4 Å². The number of ether oxygens (including phenoxy) is 2. The predicted molar refractivity (Wildman–Crippen MR) is 146 cm³/mol. The highest BCUT2D eigenvalue weighted by Crippen LogP contribution is 2.35. The smallest absolute Gasteiger partial charge is 0.237 e. The van der Waals surface area contributed by atoms with E-state index < -0.39 is 6.04 Å². The maximum absolute atomic E-state index is 13.9. The highest BCUT2D eigenvalue weighted by Gasteiger charge is 2.43. The minimum atomic E-state index is -0.491. The summed E-state index contributed by atoms with van der Waals surface area (Å²) in [5, 5.41) is 0. The van der Waals surface area contributed by atoms with Gasteiger partial charge in [-0.1, -0.05) is 25.0 Å². The number of hydrogen-bond acceptors (Lipinski definition) is 5. The Morgan fingerprint density at radius 2 is 1.89 bits per heavy atom. The van der Waals surface area contributed by atoms with Crippen molar-refractivity contribution in [2.24, 2.45) is 10.9 Å². The van der Waals surface area contributed by atoms with E-state index >= 15 is 0 Å². The second-order valence-corrected chi connectivity index (χ2v) is 9.81. The number of nitrogens with zero attached hydrogens (tertiary/aromatic N) is 3. The maximum atomic E-state index is 13.9. The van der Waals surface area contributed by atoms with Crippen molar-refractivity contribution in [3.63, 3.8) is 0 Å². The molecule has 0 N–H and O–H groups in total. The van der Waals surface area contributed by atoms with Gasteiger partial charge in [0.25, 0.3) is 0 Å². The van der Waals surface area contributed by atoms with Gasteiger partial charge in [0, 0.05) is 13.2 Å². The first kappa shape index (κ1) is 27.8. The summed E-state index contributed by atoms with van der Waals surface area (Å²) in [5.41, 5.74) is 1.30. The maximum Gasteiger partial charge on any atom is 0.237 e. The van der Waals surface area contributed by atoms with Crippen LogP contribution in [0, 0.1) is 11.7 Å². The number of rotatable bonds is 11. The van der Waals surface area contributed by atoms with Crippen LogP contribution in [0.5, 0.6) is 5.75 Å². The van der Waals surface area contributed by atoms with Crippen molar-refractivity contribution in [2.45, 2.75) is 65.0 Å². The fourth-order valence-corrected chi connectivity index (χ4v) is 5.38. The number of aliphatic imine (C=N–C) groups is 1. The van der Waals surface area contributed by atoms with Gasteiger partial charge in [0.05, 0.1) is 43.3 Å². The molecule has 38 heavy (non-hydrogen) atoms. The van der Waals surface area contributed by atoms with Crippen molar-refractivity contribution < 1.29 is 23.5 Å². The van der Waals surface area contributed by atoms with E-state index in [0.29, 0.717) is 43.5 Å². The molecule has 2 aliphatic rings. The van der Waals surface area contributed by atoms with Crippen LogP contribution in [-0.2, 0) is 20.7 Å². The molecule has 2 aromatic carbocycles. The Morgan fingerprint density at radius 1 is 1.13 bits per heavy atom. The summed E-state index contributed by atoms with van der Waals surface area (Å²) in [7, 11) is 0. The molecule has 1 aliphatic heterocycles. The van der Waals surface area contributed by atoms with Crippen LogP contribution in [0.15, 0.2) is 53.5 Å². The van der Waals surface area contributed by atoms with Gasteiger partial charge < -0.3 is 14.4 Å². The molecule has 0 aromatic heterocycles. The first-order valence-electron chi connectivity index (χ1n) is 13.7. The fourth-order valence-electron chi connectivity index (χ4n) is 5.38. The fraction of sp³-hybridized carbons (Fsp3) is 0.500. The Morgan fingerprint density at radius 3 is 2.61 bits per heavy atom. The lowest BCUT2D eigenvalue weighted by molar-refractivity contribution is -0.132. The van der Waals surface area contributed by atoms with Gasteiger partial charge in [-0.15, -0.1) is 0 Å². The third-order valence-electron chi connectivity index (χ3n) is 7.29. The number of fused-ring (bicyclic) bond motifs is 1. The van der Waals surface area contributed by atoms with E-state index in [1.165, 1.54) is 12.1 Å². The van der Waals surface area contributed by atoms with Gasteiger partial charge in [-0.2, -0.15) is 0 Å². The van der Waals surface area contributed by atoms with Gasteiger partial charge in [0.1, 0.15) is 17.4 Å². The lowest BCUT2D eigenvalue weighted by Gasteiger charge is -2.42. The number of halogens is 1. The Balaban J connectivity index is 1.68. The van der Waals surface area contributed by atoms with Crippen LogP contribution in [0.1, 0.15) is 52.0 Å². The quantitative estimate of drug-likeness (QED) is 0.388. The Hall–Kier alpha value is -3.26. The molecule has 0 spiro atoms. The zero-order valence-corrected chi connectivity index (χ0v) is 22.6. The first-order valence-corrected chi connectivity index (χ1v) is 13.7. The van der Waals surface area contributed by atoms with Crippen LogP contribution in [0.2, 0.25) is 0 Å². The van der Waals surface area contributed by atoms with E-state index in [1.807, 2.05) is 45.0 Å². The largest absolute Gasteiger partial charge is 0.494 e. The van der Waals surface area contributed by atoms with E-state index in [4.69, 9.17) is 14.5 Å². The molecule has 1 heterocycles. The zero-order chi connectivity index (χ0) is 27.1. The SMILES string of the molecule is CCOCCN(C(=O)Cc1cccc(F)c1)[C@H](C)C1=NC2CCCCC2C(=O)N1c1ccc(OCC)cc1. The minimum Gasteiger partial charge on any atom is -0.494 e. The molecule has 8 heteroatoms. The molecule has 0 saturated heterocycles. The molecular formula is C30H38FN3O4. The summed E-state index contributed by atoms with van der Waals surface area (Å²) < 4.78 is 25.0. The van der Waals surface area contributed by atoms with E-state index in [1.54, 1.807) is 21.9 Å². The van der Waals surface area contributed by atoms with Gasteiger partial charge in [-0.05, 0) is 75.6 Å². The second-order valence-electron chi connectivity index (χ2n) is 9.81.